The third-order valence-corrected chi connectivity index (χ3v) is 4.73. The van der Waals surface area contributed by atoms with Crippen molar-refractivity contribution in [1.82, 2.24) is 5.32 Å². The van der Waals surface area contributed by atoms with E-state index in [0.717, 1.165) is 11.0 Å². The molecule has 0 aromatic heterocycles. The largest absolute Gasteiger partial charge is 0.304 e. The highest BCUT2D eigenvalue weighted by atomic mass is 79.9. The highest BCUT2D eigenvalue weighted by Gasteiger charge is 2.19. The molecule has 0 saturated heterocycles. The van der Waals surface area contributed by atoms with E-state index >= 15 is 0 Å². The Balaban J connectivity index is 2.02. The highest BCUT2D eigenvalue weighted by molar-refractivity contribution is 9.10. The standard InChI is InChI=1S/C17H20BrNS/c1-17(2,14-6-8-15(18)9-7-14)19-12-13-4-10-16(20-3)11-5-13/h4-11,19H,12H2,1-3H3. The molecule has 0 aliphatic heterocycles. The smallest absolute Gasteiger partial charge is 0.0380 e. The van der Waals surface area contributed by atoms with Gasteiger partial charge >= 0.3 is 0 Å². The summed E-state index contributed by atoms with van der Waals surface area (Å²) in [4.78, 5) is 1.31. The number of hydrogen-bond donors (Lipinski definition) is 1. The molecule has 0 amide bonds. The lowest BCUT2D eigenvalue weighted by Gasteiger charge is -2.27. The summed E-state index contributed by atoms with van der Waals surface area (Å²) < 4.78 is 1.12. The molecule has 0 bridgehead atoms. The van der Waals surface area contributed by atoms with Crippen molar-refractivity contribution in [3.63, 3.8) is 0 Å². The molecule has 0 radical (unpaired) electrons. The van der Waals surface area contributed by atoms with Gasteiger partial charge in [-0.15, -0.1) is 11.8 Å². The van der Waals surface area contributed by atoms with Crippen molar-refractivity contribution in [2.75, 3.05) is 6.26 Å². The quantitative estimate of drug-likeness (QED) is 0.744. The van der Waals surface area contributed by atoms with Crippen LogP contribution in [-0.2, 0) is 12.1 Å². The van der Waals surface area contributed by atoms with Crippen molar-refractivity contribution in [2.24, 2.45) is 0 Å². The van der Waals surface area contributed by atoms with Crippen molar-refractivity contribution >= 4 is 27.7 Å². The molecule has 2 aromatic rings. The summed E-state index contributed by atoms with van der Waals surface area (Å²) in [5, 5.41) is 3.63. The lowest BCUT2D eigenvalue weighted by molar-refractivity contribution is 0.401. The number of rotatable bonds is 5. The van der Waals surface area contributed by atoms with E-state index in [0.29, 0.717) is 0 Å². The van der Waals surface area contributed by atoms with Gasteiger partial charge in [-0.3, -0.25) is 0 Å². The number of thioether (sulfide) groups is 1. The van der Waals surface area contributed by atoms with Crippen molar-refractivity contribution < 1.29 is 0 Å². The maximum atomic E-state index is 3.63. The van der Waals surface area contributed by atoms with Crippen molar-refractivity contribution in [1.29, 1.82) is 0 Å². The Hall–Kier alpha value is -0.770. The molecule has 3 heteroatoms. The first-order valence-electron chi connectivity index (χ1n) is 6.65. The zero-order valence-corrected chi connectivity index (χ0v) is 14.5. The molecule has 0 unspecified atom stereocenters. The molecule has 0 aliphatic carbocycles. The summed E-state index contributed by atoms with van der Waals surface area (Å²) in [5.74, 6) is 0. The van der Waals surface area contributed by atoms with Crippen LogP contribution in [0.15, 0.2) is 57.9 Å². The number of hydrogen-bond acceptors (Lipinski definition) is 2. The first-order valence-corrected chi connectivity index (χ1v) is 8.67. The van der Waals surface area contributed by atoms with E-state index in [1.165, 1.54) is 16.0 Å². The molecule has 0 aliphatic rings. The van der Waals surface area contributed by atoms with Crippen molar-refractivity contribution in [3.8, 4) is 0 Å². The second-order valence-corrected chi connectivity index (χ2v) is 7.13. The minimum absolute atomic E-state index is 0.0428. The third-order valence-electron chi connectivity index (χ3n) is 3.46. The van der Waals surface area contributed by atoms with Crippen LogP contribution >= 0.6 is 27.7 Å². The molecule has 1 N–H and O–H groups in total. The summed E-state index contributed by atoms with van der Waals surface area (Å²) in [6, 6.07) is 17.2. The van der Waals surface area contributed by atoms with Crippen molar-refractivity contribution in [2.45, 2.75) is 30.8 Å². The fourth-order valence-electron chi connectivity index (χ4n) is 2.04. The first kappa shape index (κ1) is 15.6. The van der Waals surface area contributed by atoms with Gasteiger partial charge in [0.15, 0.2) is 0 Å². The van der Waals surface area contributed by atoms with Gasteiger partial charge in [0.2, 0.25) is 0 Å². The Morgan fingerprint density at radius 1 is 1.00 bits per heavy atom. The van der Waals surface area contributed by atoms with E-state index in [-0.39, 0.29) is 5.54 Å². The second kappa shape index (κ2) is 6.79. The molecule has 106 valence electrons. The third kappa shape index (κ3) is 4.11. The molecule has 2 aromatic carbocycles. The number of nitrogens with one attached hydrogen (secondary N) is 1. The van der Waals surface area contributed by atoms with E-state index in [9.17, 15) is 0 Å². The zero-order chi connectivity index (χ0) is 14.6. The average molecular weight is 350 g/mol. The second-order valence-electron chi connectivity index (χ2n) is 5.33. The molecule has 1 nitrogen and oxygen atoms in total. The lowest BCUT2D eigenvalue weighted by Crippen LogP contribution is -2.35. The minimum atomic E-state index is -0.0428. The first-order chi connectivity index (χ1) is 9.51. The van der Waals surface area contributed by atoms with Crippen LogP contribution in [0.25, 0.3) is 0 Å². The van der Waals surface area contributed by atoms with Crippen LogP contribution in [0.4, 0.5) is 0 Å². The van der Waals surface area contributed by atoms with Crippen LogP contribution in [0.1, 0.15) is 25.0 Å². The highest BCUT2D eigenvalue weighted by Crippen LogP contribution is 2.23. The molecular weight excluding hydrogens is 330 g/mol. The maximum absolute atomic E-state index is 3.63. The van der Waals surface area contributed by atoms with Crippen LogP contribution in [-0.4, -0.2) is 6.26 Å². The van der Waals surface area contributed by atoms with Crippen LogP contribution in [0.3, 0.4) is 0 Å². The lowest BCUT2D eigenvalue weighted by atomic mass is 9.94. The molecule has 20 heavy (non-hydrogen) atoms. The van der Waals surface area contributed by atoms with Crippen LogP contribution in [0.5, 0.6) is 0 Å². The summed E-state index contributed by atoms with van der Waals surface area (Å²) in [5.41, 5.74) is 2.56. The van der Waals surface area contributed by atoms with Gasteiger partial charge in [0.1, 0.15) is 0 Å². The monoisotopic (exact) mass is 349 g/mol. The predicted octanol–water partition coefficient (Wildman–Crippen LogP) is 5.20. The van der Waals surface area contributed by atoms with Gasteiger partial charge in [0.25, 0.3) is 0 Å². The van der Waals surface area contributed by atoms with E-state index in [1.54, 1.807) is 11.8 Å². The normalized spacial score (nSPS) is 11.6. The van der Waals surface area contributed by atoms with Crippen LogP contribution < -0.4 is 5.32 Å². The van der Waals surface area contributed by atoms with Gasteiger partial charge in [-0.25, -0.2) is 0 Å². The van der Waals surface area contributed by atoms with E-state index in [4.69, 9.17) is 0 Å². The van der Waals surface area contributed by atoms with E-state index < -0.39 is 0 Å². The Morgan fingerprint density at radius 2 is 1.60 bits per heavy atom. The molecule has 0 fully saturated rings. The fourth-order valence-corrected chi connectivity index (χ4v) is 2.71. The van der Waals surface area contributed by atoms with Gasteiger partial charge in [-0.05, 0) is 55.5 Å². The summed E-state index contributed by atoms with van der Waals surface area (Å²) in [7, 11) is 0. The van der Waals surface area contributed by atoms with Gasteiger partial charge in [0, 0.05) is 21.5 Å². The summed E-state index contributed by atoms with van der Waals surface area (Å²) in [6.07, 6.45) is 2.10. The average Bonchev–Trinajstić information content (AvgIpc) is 2.46. The minimum Gasteiger partial charge on any atom is -0.304 e. The molecule has 0 saturated carbocycles. The zero-order valence-electron chi connectivity index (χ0n) is 12.1. The Kier molecular flexibility index (Phi) is 5.30. The molecule has 0 spiro atoms. The van der Waals surface area contributed by atoms with Gasteiger partial charge in [-0.2, -0.15) is 0 Å². The van der Waals surface area contributed by atoms with E-state index in [1.807, 2.05) is 0 Å². The molecule has 0 heterocycles. The van der Waals surface area contributed by atoms with Gasteiger partial charge in [-0.1, -0.05) is 40.2 Å². The van der Waals surface area contributed by atoms with Crippen LogP contribution in [0.2, 0.25) is 0 Å². The topological polar surface area (TPSA) is 12.0 Å². The van der Waals surface area contributed by atoms with E-state index in [2.05, 4.69) is 89.9 Å². The van der Waals surface area contributed by atoms with Gasteiger partial charge < -0.3 is 5.32 Å². The molecule has 0 atom stereocenters. The molecule has 2 rings (SSSR count). The Bertz CT molecular complexity index is 546. The van der Waals surface area contributed by atoms with Crippen LogP contribution in [0, 0.1) is 0 Å². The fraction of sp³-hybridized carbons (Fsp3) is 0.294. The predicted molar refractivity (Wildman–Crippen MR) is 92.2 cm³/mol. The number of halogens is 1. The Labute approximate surface area is 134 Å². The maximum Gasteiger partial charge on any atom is 0.0380 e. The SMILES string of the molecule is CSc1ccc(CNC(C)(C)c2ccc(Br)cc2)cc1. The van der Waals surface area contributed by atoms with Crippen molar-refractivity contribution in [3.05, 3.63) is 64.1 Å². The summed E-state index contributed by atoms with van der Waals surface area (Å²) in [6.45, 7) is 5.30. The summed E-state index contributed by atoms with van der Waals surface area (Å²) >= 11 is 5.25. The van der Waals surface area contributed by atoms with Gasteiger partial charge in [0.05, 0.1) is 0 Å². The Morgan fingerprint density at radius 3 is 2.15 bits per heavy atom. The number of benzene rings is 2. The molecular formula is C17H20BrNS.